The minimum Gasteiger partial charge on any atom is -0.472 e. The summed E-state index contributed by atoms with van der Waals surface area (Å²) in [7, 11) is 1.81. The molecule has 2 aromatic rings. The van der Waals surface area contributed by atoms with E-state index >= 15 is 0 Å². The fourth-order valence-corrected chi connectivity index (χ4v) is 5.48. The molecule has 1 atom stereocenters. The Morgan fingerprint density at radius 3 is 2.88 bits per heavy atom. The van der Waals surface area contributed by atoms with Crippen LogP contribution in [0.1, 0.15) is 47.7 Å². The van der Waals surface area contributed by atoms with Crippen LogP contribution in [0.3, 0.4) is 0 Å². The smallest absolute Gasteiger partial charge is 0.247 e. The molecule has 5 heteroatoms. The summed E-state index contributed by atoms with van der Waals surface area (Å²) in [6, 6.07) is 4.30. The number of furan rings is 1. The van der Waals surface area contributed by atoms with Crippen LogP contribution in [0, 0.1) is 5.92 Å². The molecule has 0 bridgehead atoms. The van der Waals surface area contributed by atoms with Crippen molar-refractivity contribution in [2.24, 2.45) is 5.92 Å². The van der Waals surface area contributed by atoms with Gasteiger partial charge in [0.1, 0.15) is 0 Å². The first kappa shape index (κ1) is 17.6. The molecule has 1 unspecified atom stereocenters. The predicted octanol–water partition coefficient (Wildman–Crippen LogP) is 4.69. The number of hydrogen-bond donors (Lipinski definition) is 0. The van der Waals surface area contributed by atoms with E-state index in [0.717, 1.165) is 44.2 Å². The summed E-state index contributed by atoms with van der Waals surface area (Å²) in [5.74, 6) is 0.620. The van der Waals surface area contributed by atoms with Crippen molar-refractivity contribution in [3.05, 3.63) is 52.1 Å². The second-order valence-electron chi connectivity index (χ2n) is 7.20. The van der Waals surface area contributed by atoms with Crippen LogP contribution < -0.4 is 0 Å². The van der Waals surface area contributed by atoms with Crippen molar-refractivity contribution < 1.29 is 13.9 Å². The third-order valence-corrected chi connectivity index (χ3v) is 6.78. The Labute approximate surface area is 158 Å². The van der Waals surface area contributed by atoms with Gasteiger partial charge in [0.25, 0.3) is 0 Å². The van der Waals surface area contributed by atoms with E-state index in [0.29, 0.717) is 12.0 Å². The zero-order valence-electron chi connectivity index (χ0n) is 15.1. The van der Waals surface area contributed by atoms with E-state index in [4.69, 9.17) is 9.15 Å². The van der Waals surface area contributed by atoms with Gasteiger partial charge in [0, 0.05) is 30.2 Å². The van der Waals surface area contributed by atoms with Gasteiger partial charge >= 0.3 is 0 Å². The van der Waals surface area contributed by atoms with Crippen LogP contribution in [0.25, 0.3) is 6.08 Å². The van der Waals surface area contributed by atoms with Gasteiger partial charge in [0.2, 0.25) is 5.91 Å². The quantitative estimate of drug-likeness (QED) is 0.733. The molecule has 4 nitrogen and oxygen atoms in total. The second kappa shape index (κ2) is 7.80. The van der Waals surface area contributed by atoms with Gasteiger partial charge in [0.15, 0.2) is 0 Å². The number of methoxy groups -OCH3 is 1. The lowest BCUT2D eigenvalue weighted by Crippen LogP contribution is -2.43. The molecule has 4 rings (SSSR count). The monoisotopic (exact) mass is 371 g/mol. The molecule has 1 saturated carbocycles. The van der Waals surface area contributed by atoms with Crippen molar-refractivity contribution in [1.82, 2.24) is 4.90 Å². The topological polar surface area (TPSA) is 42.7 Å². The summed E-state index contributed by atoms with van der Waals surface area (Å²) >= 11 is 1.81. The van der Waals surface area contributed by atoms with Gasteiger partial charge in [-0.2, -0.15) is 0 Å². The van der Waals surface area contributed by atoms with Gasteiger partial charge in [-0.25, -0.2) is 0 Å². The molecule has 0 saturated heterocycles. The average Bonchev–Trinajstić information content (AvgIpc) is 3.37. The third kappa shape index (κ3) is 3.51. The molecule has 0 aromatic carbocycles. The number of fused-ring (bicyclic) bond motifs is 1. The maximum atomic E-state index is 13.0. The molecule has 0 radical (unpaired) electrons. The zero-order valence-corrected chi connectivity index (χ0v) is 15.9. The highest BCUT2D eigenvalue weighted by Gasteiger charge is 2.38. The molecule has 26 heavy (non-hydrogen) atoms. The van der Waals surface area contributed by atoms with Crippen LogP contribution in [0.4, 0.5) is 0 Å². The van der Waals surface area contributed by atoms with E-state index in [1.54, 1.807) is 37.0 Å². The first-order chi connectivity index (χ1) is 12.8. The van der Waals surface area contributed by atoms with Crippen molar-refractivity contribution >= 4 is 23.3 Å². The molecule has 2 aliphatic rings. The molecular weight excluding hydrogens is 346 g/mol. The average molecular weight is 372 g/mol. The zero-order chi connectivity index (χ0) is 17.9. The molecule has 3 heterocycles. The number of rotatable bonds is 4. The fraction of sp³-hybridized carbons (Fsp3) is 0.476. The van der Waals surface area contributed by atoms with Crippen LogP contribution in [0.15, 0.2) is 40.5 Å². The Bertz CT molecular complexity index is 756. The Kier molecular flexibility index (Phi) is 5.27. The van der Waals surface area contributed by atoms with Crippen molar-refractivity contribution in [3.8, 4) is 0 Å². The number of thiophene rings is 1. The van der Waals surface area contributed by atoms with Gasteiger partial charge in [-0.05, 0) is 67.2 Å². The highest BCUT2D eigenvalue weighted by Crippen LogP contribution is 2.44. The predicted molar refractivity (Wildman–Crippen MR) is 103 cm³/mol. The fourth-order valence-electron chi connectivity index (χ4n) is 4.32. The Morgan fingerprint density at radius 2 is 2.15 bits per heavy atom. The van der Waals surface area contributed by atoms with E-state index in [-0.39, 0.29) is 11.9 Å². The van der Waals surface area contributed by atoms with Crippen LogP contribution in [-0.2, 0) is 16.0 Å². The van der Waals surface area contributed by atoms with Crippen LogP contribution in [-0.4, -0.2) is 30.6 Å². The molecular formula is C21H25NO3S. The van der Waals surface area contributed by atoms with E-state index in [1.165, 1.54) is 10.4 Å². The van der Waals surface area contributed by atoms with E-state index < -0.39 is 0 Å². The molecule has 0 N–H and O–H groups in total. The highest BCUT2D eigenvalue weighted by atomic mass is 32.1. The maximum Gasteiger partial charge on any atom is 0.247 e. The number of amides is 1. The highest BCUT2D eigenvalue weighted by molar-refractivity contribution is 7.10. The Hall–Kier alpha value is -1.85. The molecule has 1 aliphatic heterocycles. The second-order valence-corrected chi connectivity index (χ2v) is 8.15. The lowest BCUT2D eigenvalue weighted by atomic mass is 9.79. The summed E-state index contributed by atoms with van der Waals surface area (Å²) in [5.41, 5.74) is 2.35. The number of hydrogen-bond acceptors (Lipinski definition) is 4. The van der Waals surface area contributed by atoms with Gasteiger partial charge < -0.3 is 14.1 Å². The van der Waals surface area contributed by atoms with Gasteiger partial charge in [-0.3, -0.25) is 4.79 Å². The van der Waals surface area contributed by atoms with Gasteiger partial charge in [-0.1, -0.05) is 0 Å². The van der Waals surface area contributed by atoms with E-state index in [2.05, 4.69) is 16.3 Å². The van der Waals surface area contributed by atoms with Crippen LogP contribution in [0.2, 0.25) is 0 Å². The minimum atomic E-state index is 0.101. The lowest BCUT2D eigenvalue weighted by Gasteiger charge is -2.42. The van der Waals surface area contributed by atoms with Crippen molar-refractivity contribution in [2.45, 2.75) is 44.2 Å². The summed E-state index contributed by atoms with van der Waals surface area (Å²) in [5, 5.41) is 2.17. The molecule has 2 aromatic heterocycles. The molecule has 1 aliphatic carbocycles. The van der Waals surface area contributed by atoms with Gasteiger partial charge in [0.05, 0.1) is 24.7 Å². The SMILES string of the molecule is COC1CCC(C2c3sccc3CCN2C(=O)C=Cc2ccoc2)CC1. The molecule has 1 amide bonds. The lowest BCUT2D eigenvalue weighted by molar-refractivity contribution is -0.130. The Morgan fingerprint density at radius 1 is 1.31 bits per heavy atom. The number of nitrogens with zero attached hydrogens (tertiary/aromatic N) is 1. The molecule has 0 spiro atoms. The standard InChI is InChI=1S/C21H25NO3S/c1-24-18-5-3-16(4-6-18)20-21-17(10-13-26-21)8-11-22(20)19(23)7-2-15-9-12-25-14-15/h2,7,9-10,12-14,16,18,20H,3-6,8,11H2,1H3. The maximum absolute atomic E-state index is 13.0. The minimum absolute atomic E-state index is 0.101. The largest absolute Gasteiger partial charge is 0.472 e. The van der Waals surface area contributed by atoms with Crippen LogP contribution in [0.5, 0.6) is 0 Å². The number of ether oxygens (including phenoxy) is 1. The van der Waals surface area contributed by atoms with Crippen molar-refractivity contribution in [1.29, 1.82) is 0 Å². The number of carbonyl (C=O) groups is 1. The third-order valence-electron chi connectivity index (χ3n) is 5.75. The summed E-state index contributed by atoms with van der Waals surface area (Å²) in [4.78, 5) is 16.5. The first-order valence-corrected chi connectivity index (χ1v) is 10.2. The summed E-state index contributed by atoms with van der Waals surface area (Å²) < 4.78 is 10.6. The van der Waals surface area contributed by atoms with Gasteiger partial charge in [-0.15, -0.1) is 11.3 Å². The van der Waals surface area contributed by atoms with Crippen LogP contribution >= 0.6 is 11.3 Å². The van der Waals surface area contributed by atoms with E-state index in [9.17, 15) is 4.79 Å². The first-order valence-electron chi connectivity index (χ1n) is 9.36. The van der Waals surface area contributed by atoms with Crippen molar-refractivity contribution in [2.75, 3.05) is 13.7 Å². The summed E-state index contributed by atoms with van der Waals surface area (Å²) in [6.45, 7) is 0.799. The summed E-state index contributed by atoms with van der Waals surface area (Å²) in [6.07, 6.45) is 12.6. The normalized spacial score (nSPS) is 26.2. The van der Waals surface area contributed by atoms with Crippen molar-refractivity contribution in [3.63, 3.8) is 0 Å². The number of carbonyl (C=O) groups excluding carboxylic acids is 1. The van der Waals surface area contributed by atoms with E-state index in [1.807, 2.05) is 12.1 Å². The molecule has 138 valence electrons. The Balaban J connectivity index is 1.55. The molecule has 1 fully saturated rings.